The van der Waals surface area contributed by atoms with Crippen molar-refractivity contribution in [2.24, 2.45) is 10.9 Å². The van der Waals surface area contributed by atoms with Crippen LogP contribution in [0, 0.1) is 24.2 Å². The van der Waals surface area contributed by atoms with E-state index in [9.17, 15) is 5.11 Å². The van der Waals surface area contributed by atoms with Crippen LogP contribution < -0.4 is 0 Å². The fraction of sp³-hybridized carbons (Fsp3) is 0.429. The third kappa shape index (κ3) is 2.47. The zero-order valence-electron chi connectivity index (χ0n) is 9.93. The van der Waals surface area contributed by atoms with Gasteiger partial charge >= 0.3 is 0 Å². The number of aryl methyl sites for hydroxylation is 1. The van der Waals surface area contributed by atoms with E-state index in [2.05, 4.69) is 11.1 Å². The molecule has 0 radical (unpaired) electrons. The number of phenolic OH excluding ortho intramolecular Hbond substituents is 1. The zero-order chi connectivity index (χ0) is 12.3. The molecule has 1 aliphatic rings. The summed E-state index contributed by atoms with van der Waals surface area (Å²) in [5, 5.41) is 18.8. The highest BCUT2D eigenvalue weighted by Crippen LogP contribution is 2.28. The van der Waals surface area contributed by atoms with Gasteiger partial charge in [-0.3, -0.25) is 4.99 Å². The molecule has 3 nitrogen and oxygen atoms in total. The number of nitrogens with zero attached hydrogens (tertiary/aromatic N) is 2. The van der Waals surface area contributed by atoms with Crippen LogP contribution in [-0.2, 0) is 0 Å². The molecule has 1 aliphatic carbocycles. The molecule has 0 aliphatic heterocycles. The Kier molecular flexibility index (Phi) is 3.43. The van der Waals surface area contributed by atoms with E-state index in [1.807, 2.05) is 25.1 Å². The molecule has 88 valence electrons. The van der Waals surface area contributed by atoms with Gasteiger partial charge in [-0.25, -0.2) is 0 Å². The highest BCUT2D eigenvalue weighted by atomic mass is 16.3. The molecule has 2 unspecified atom stereocenters. The number of rotatable bonds is 2. The first kappa shape index (κ1) is 11.7. The summed E-state index contributed by atoms with van der Waals surface area (Å²) in [6.07, 6.45) is 4.68. The van der Waals surface area contributed by atoms with Crippen LogP contribution in [0.3, 0.4) is 0 Å². The van der Waals surface area contributed by atoms with E-state index in [1.165, 1.54) is 0 Å². The predicted octanol–water partition coefficient (Wildman–Crippen LogP) is 2.81. The maximum absolute atomic E-state index is 9.84. The number of aromatic hydroxyl groups is 1. The monoisotopic (exact) mass is 228 g/mol. The van der Waals surface area contributed by atoms with Crippen molar-refractivity contribution in [1.82, 2.24) is 0 Å². The number of aliphatic imine (C=N–C) groups is 1. The van der Waals surface area contributed by atoms with E-state index < -0.39 is 0 Å². The second kappa shape index (κ2) is 5.01. The molecule has 1 saturated carbocycles. The van der Waals surface area contributed by atoms with Gasteiger partial charge in [0, 0.05) is 11.8 Å². The molecule has 1 aromatic carbocycles. The fourth-order valence-corrected chi connectivity index (χ4v) is 2.23. The largest absolute Gasteiger partial charge is 0.507 e. The molecule has 1 N–H and O–H groups in total. The number of para-hydroxylation sites is 1. The molecular weight excluding hydrogens is 212 g/mol. The number of phenols is 1. The van der Waals surface area contributed by atoms with Gasteiger partial charge in [-0.05, 0) is 37.8 Å². The third-order valence-corrected chi connectivity index (χ3v) is 3.32. The van der Waals surface area contributed by atoms with Gasteiger partial charge in [0.15, 0.2) is 0 Å². The minimum Gasteiger partial charge on any atom is -0.507 e. The molecule has 0 bridgehead atoms. The van der Waals surface area contributed by atoms with Crippen molar-refractivity contribution in [2.75, 3.05) is 0 Å². The van der Waals surface area contributed by atoms with Crippen LogP contribution in [0.25, 0.3) is 0 Å². The van der Waals surface area contributed by atoms with Gasteiger partial charge in [0.25, 0.3) is 0 Å². The summed E-state index contributed by atoms with van der Waals surface area (Å²) < 4.78 is 0. The Morgan fingerprint density at radius 3 is 3.06 bits per heavy atom. The summed E-state index contributed by atoms with van der Waals surface area (Å²) in [5.41, 5.74) is 1.57. The van der Waals surface area contributed by atoms with E-state index in [1.54, 1.807) is 6.21 Å². The Balaban J connectivity index is 2.15. The number of hydrogen-bond donors (Lipinski definition) is 1. The van der Waals surface area contributed by atoms with Crippen LogP contribution in [0.5, 0.6) is 5.75 Å². The van der Waals surface area contributed by atoms with Crippen molar-refractivity contribution in [1.29, 1.82) is 5.26 Å². The topological polar surface area (TPSA) is 56.4 Å². The van der Waals surface area contributed by atoms with E-state index in [-0.39, 0.29) is 17.7 Å². The highest BCUT2D eigenvalue weighted by molar-refractivity contribution is 5.84. The number of hydrogen-bond acceptors (Lipinski definition) is 3. The maximum atomic E-state index is 9.84. The molecule has 0 saturated heterocycles. The van der Waals surface area contributed by atoms with Gasteiger partial charge in [-0.2, -0.15) is 5.26 Å². The minimum atomic E-state index is 0.0400. The SMILES string of the molecule is Cc1cccc(C=NC2CCCC2C#N)c1O. The molecule has 0 amide bonds. The van der Waals surface area contributed by atoms with Crippen molar-refractivity contribution < 1.29 is 5.11 Å². The van der Waals surface area contributed by atoms with Crippen LogP contribution in [-0.4, -0.2) is 17.4 Å². The predicted molar refractivity (Wildman–Crippen MR) is 67.2 cm³/mol. The first-order chi connectivity index (χ1) is 8.22. The lowest BCUT2D eigenvalue weighted by Crippen LogP contribution is -2.09. The molecule has 3 heteroatoms. The molecule has 17 heavy (non-hydrogen) atoms. The molecule has 2 rings (SSSR count). The Morgan fingerprint density at radius 1 is 1.47 bits per heavy atom. The van der Waals surface area contributed by atoms with Crippen LogP contribution in [0.4, 0.5) is 0 Å². The minimum absolute atomic E-state index is 0.0400. The zero-order valence-corrected chi connectivity index (χ0v) is 9.93. The molecule has 2 atom stereocenters. The standard InChI is InChI=1S/C14H16N2O/c1-10-4-2-6-12(14(10)17)9-16-13-7-3-5-11(13)8-15/h2,4,6,9,11,13,17H,3,5,7H2,1H3. The fourth-order valence-electron chi connectivity index (χ4n) is 2.23. The summed E-state index contributed by atoms with van der Waals surface area (Å²) in [6, 6.07) is 7.99. The van der Waals surface area contributed by atoms with Crippen molar-refractivity contribution in [3.63, 3.8) is 0 Å². The summed E-state index contributed by atoms with van der Waals surface area (Å²) in [6.45, 7) is 1.86. The Bertz CT molecular complexity index is 474. The Labute approximate surface area is 101 Å². The van der Waals surface area contributed by atoms with Crippen LogP contribution in [0.15, 0.2) is 23.2 Å². The Hall–Kier alpha value is -1.82. The average molecular weight is 228 g/mol. The lowest BCUT2D eigenvalue weighted by molar-refractivity contribution is 0.470. The Morgan fingerprint density at radius 2 is 2.29 bits per heavy atom. The first-order valence-electron chi connectivity index (χ1n) is 5.93. The quantitative estimate of drug-likeness (QED) is 0.791. The molecule has 1 aromatic rings. The van der Waals surface area contributed by atoms with Gasteiger partial charge in [0.1, 0.15) is 5.75 Å². The van der Waals surface area contributed by atoms with Crippen LogP contribution >= 0.6 is 0 Å². The lowest BCUT2D eigenvalue weighted by atomic mass is 10.1. The smallest absolute Gasteiger partial charge is 0.127 e. The molecule has 0 aromatic heterocycles. The average Bonchev–Trinajstić information content (AvgIpc) is 2.78. The van der Waals surface area contributed by atoms with Crippen LogP contribution in [0.2, 0.25) is 0 Å². The van der Waals surface area contributed by atoms with Gasteiger partial charge < -0.3 is 5.11 Å². The molecule has 0 heterocycles. The summed E-state index contributed by atoms with van der Waals surface area (Å²) in [7, 11) is 0. The van der Waals surface area contributed by atoms with Crippen molar-refractivity contribution in [3.8, 4) is 11.8 Å². The van der Waals surface area contributed by atoms with E-state index in [0.717, 1.165) is 30.4 Å². The second-order valence-electron chi connectivity index (χ2n) is 4.52. The maximum Gasteiger partial charge on any atom is 0.127 e. The van der Waals surface area contributed by atoms with Crippen molar-refractivity contribution in [2.45, 2.75) is 32.2 Å². The van der Waals surface area contributed by atoms with Gasteiger partial charge in [0.05, 0.1) is 18.0 Å². The number of benzene rings is 1. The van der Waals surface area contributed by atoms with Gasteiger partial charge in [-0.15, -0.1) is 0 Å². The highest BCUT2D eigenvalue weighted by Gasteiger charge is 2.25. The third-order valence-electron chi connectivity index (χ3n) is 3.32. The van der Waals surface area contributed by atoms with E-state index in [0.29, 0.717) is 0 Å². The van der Waals surface area contributed by atoms with Crippen LogP contribution in [0.1, 0.15) is 30.4 Å². The van der Waals surface area contributed by atoms with E-state index >= 15 is 0 Å². The van der Waals surface area contributed by atoms with Gasteiger partial charge in [-0.1, -0.05) is 12.1 Å². The van der Waals surface area contributed by atoms with Crippen molar-refractivity contribution in [3.05, 3.63) is 29.3 Å². The van der Waals surface area contributed by atoms with Crippen molar-refractivity contribution >= 4 is 6.21 Å². The van der Waals surface area contributed by atoms with Gasteiger partial charge in [0.2, 0.25) is 0 Å². The molecular formula is C14H16N2O. The second-order valence-corrected chi connectivity index (χ2v) is 4.52. The van der Waals surface area contributed by atoms with E-state index in [4.69, 9.17) is 5.26 Å². The first-order valence-corrected chi connectivity index (χ1v) is 5.93. The molecule has 0 spiro atoms. The number of nitriles is 1. The molecule has 1 fully saturated rings. The summed E-state index contributed by atoms with van der Waals surface area (Å²) in [5.74, 6) is 0.320. The normalized spacial score (nSPS) is 24.0. The summed E-state index contributed by atoms with van der Waals surface area (Å²) >= 11 is 0. The lowest BCUT2D eigenvalue weighted by Gasteiger charge is -2.07. The summed E-state index contributed by atoms with van der Waals surface area (Å²) in [4.78, 5) is 4.44.